The Morgan fingerprint density at radius 1 is 1.27 bits per heavy atom. The van der Waals surface area contributed by atoms with Gasteiger partial charge in [-0.2, -0.15) is 0 Å². The zero-order valence-corrected chi connectivity index (χ0v) is 9.51. The van der Waals surface area contributed by atoms with Gasteiger partial charge in [-0.1, -0.05) is 26.8 Å². The Balaban J connectivity index is 2.60. The molecule has 2 N–H and O–H groups in total. The predicted octanol–water partition coefficient (Wildman–Crippen LogP) is 1.39. The van der Waals surface area contributed by atoms with Gasteiger partial charge in [0.05, 0.1) is 12.2 Å². The van der Waals surface area contributed by atoms with Crippen LogP contribution in [0, 0.1) is 5.41 Å². The quantitative estimate of drug-likeness (QED) is 0.791. The number of hydrogen-bond donors (Lipinski definition) is 2. The molecule has 2 atom stereocenters. The van der Waals surface area contributed by atoms with Gasteiger partial charge in [-0.05, 0) is 17.5 Å². The van der Waals surface area contributed by atoms with Gasteiger partial charge in [0.1, 0.15) is 0 Å². The van der Waals surface area contributed by atoms with Crippen molar-refractivity contribution in [2.45, 2.75) is 39.4 Å². The summed E-state index contributed by atoms with van der Waals surface area (Å²) in [4.78, 5) is 4.11. The van der Waals surface area contributed by atoms with Crippen molar-refractivity contribution in [2.24, 2.45) is 5.41 Å². The molecule has 0 spiro atoms. The molecule has 0 aliphatic heterocycles. The molecule has 1 aromatic heterocycles. The molecular formula is C12H19NO2. The molecule has 0 saturated carbocycles. The van der Waals surface area contributed by atoms with E-state index in [2.05, 4.69) is 4.98 Å². The van der Waals surface area contributed by atoms with Crippen LogP contribution < -0.4 is 0 Å². The van der Waals surface area contributed by atoms with Gasteiger partial charge >= 0.3 is 0 Å². The molecule has 0 fully saturated rings. The topological polar surface area (TPSA) is 53.4 Å². The predicted molar refractivity (Wildman–Crippen MR) is 59.4 cm³/mol. The molecule has 15 heavy (non-hydrogen) atoms. The molecule has 3 nitrogen and oxygen atoms in total. The van der Waals surface area contributed by atoms with Crippen molar-refractivity contribution in [1.29, 1.82) is 0 Å². The Kier molecular flexibility index (Phi) is 3.83. The van der Waals surface area contributed by atoms with Crippen LogP contribution in [0.1, 0.15) is 26.5 Å². The Morgan fingerprint density at radius 3 is 2.40 bits per heavy atom. The number of hydrogen-bond acceptors (Lipinski definition) is 3. The number of aliphatic hydroxyl groups excluding tert-OH is 2. The highest BCUT2D eigenvalue weighted by Gasteiger charge is 2.29. The highest BCUT2D eigenvalue weighted by atomic mass is 16.3. The van der Waals surface area contributed by atoms with Crippen LogP contribution in [0.4, 0.5) is 0 Å². The fourth-order valence-corrected chi connectivity index (χ4v) is 1.42. The fourth-order valence-electron chi connectivity index (χ4n) is 1.42. The summed E-state index contributed by atoms with van der Waals surface area (Å²) in [7, 11) is 0. The average molecular weight is 209 g/mol. The molecule has 1 aromatic rings. The third-order valence-corrected chi connectivity index (χ3v) is 2.40. The first-order valence-electron chi connectivity index (χ1n) is 5.17. The highest BCUT2D eigenvalue weighted by molar-refractivity contribution is 5.05. The molecular weight excluding hydrogens is 190 g/mol. The summed E-state index contributed by atoms with van der Waals surface area (Å²) in [5.41, 5.74) is 0.488. The van der Waals surface area contributed by atoms with Gasteiger partial charge in [0.15, 0.2) is 0 Å². The average Bonchev–Trinajstić information content (AvgIpc) is 2.16. The summed E-state index contributed by atoms with van der Waals surface area (Å²) >= 11 is 0. The Hall–Kier alpha value is -0.930. The smallest absolute Gasteiger partial charge is 0.0859 e. The molecule has 0 aromatic carbocycles. The van der Waals surface area contributed by atoms with Gasteiger partial charge in [-0.15, -0.1) is 0 Å². The zero-order chi connectivity index (χ0) is 11.5. The summed E-state index contributed by atoms with van der Waals surface area (Å²) < 4.78 is 0. The molecule has 0 bridgehead atoms. The van der Waals surface area contributed by atoms with E-state index in [1.807, 2.05) is 39.0 Å². The summed E-state index contributed by atoms with van der Waals surface area (Å²) in [5.74, 6) is 0. The largest absolute Gasteiger partial charge is 0.390 e. The van der Waals surface area contributed by atoms with Gasteiger partial charge in [-0.3, -0.25) is 4.98 Å². The van der Waals surface area contributed by atoms with Crippen molar-refractivity contribution in [1.82, 2.24) is 4.98 Å². The Bertz CT molecular complexity index is 292. The fraction of sp³-hybridized carbons (Fsp3) is 0.583. The monoisotopic (exact) mass is 209 g/mol. The lowest BCUT2D eigenvalue weighted by Crippen LogP contribution is -2.39. The molecule has 1 rings (SSSR count). The van der Waals surface area contributed by atoms with E-state index in [0.29, 0.717) is 6.42 Å². The maximum atomic E-state index is 9.84. The van der Waals surface area contributed by atoms with E-state index < -0.39 is 12.2 Å². The Morgan fingerprint density at radius 2 is 1.93 bits per heavy atom. The molecule has 0 aliphatic carbocycles. The van der Waals surface area contributed by atoms with Crippen LogP contribution in [0.2, 0.25) is 0 Å². The van der Waals surface area contributed by atoms with E-state index in [1.54, 1.807) is 6.20 Å². The normalized spacial score (nSPS) is 16.1. The van der Waals surface area contributed by atoms with Crippen molar-refractivity contribution >= 4 is 0 Å². The van der Waals surface area contributed by atoms with Crippen LogP contribution in [0.5, 0.6) is 0 Å². The molecule has 2 unspecified atom stereocenters. The number of rotatable bonds is 3. The van der Waals surface area contributed by atoms with E-state index >= 15 is 0 Å². The SMILES string of the molecule is CC(C)(C)C(O)C(O)Cc1ccccn1. The van der Waals surface area contributed by atoms with Crippen LogP contribution in [0.3, 0.4) is 0 Å². The van der Waals surface area contributed by atoms with Crippen LogP contribution in [-0.2, 0) is 6.42 Å². The molecule has 0 radical (unpaired) electrons. The van der Waals surface area contributed by atoms with Crippen LogP contribution in [0.15, 0.2) is 24.4 Å². The summed E-state index contributed by atoms with van der Waals surface area (Å²) in [6.07, 6.45) is 0.574. The number of pyridine rings is 1. The molecule has 3 heteroatoms. The first-order valence-corrected chi connectivity index (χ1v) is 5.17. The summed E-state index contributed by atoms with van der Waals surface area (Å²) in [6, 6.07) is 5.55. The first kappa shape index (κ1) is 12.1. The van der Waals surface area contributed by atoms with Crippen LogP contribution in [0.25, 0.3) is 0 Å². The van der Waals surface area contributed by atoms with Gasteiger partial charge in [0, 0.05) is 18.3 Å². The van der Waals surface area contributed by atoms with Crippen LogP contribution >= 0.6 is 0 Å². The van der Waals surface area contributed by atoms with Crippen LogP contribution in [-0.4, -0.2) is 27.4 Å². The maximum Gasteiger partial charge on any atom is 0.0859 e. The highest BCUT2D eigenvalue weighted by Crippen LogP contribution is 2.23. The lowest BCUT2D eigenvalue weighted by atomic mass is 9.84. The number of aliphatic hydroxyl groups is 2. The standard InChI is InChI=1S/C12H19NO2/c1-12(2,3)11(15)10(14)8-9-6-4-5-7-13-9/h4-7,10-11,14-15H,8H2,1-3H3. The lowest BCUT2D eigenvalue weighted by molar-refractivity contribution is -0.0437. The minimum atomic E-state index is -0.764. The second-order valence-electron chi connectivity index (χ2n) is 4.90. The summed E-state index contributed by atoms with van der Waals surface area (Å²) in [6.45, 7) is 5.71. The molecule has 0 aliphatic rings. The minimum Gasteiger partial charge on any atom is -0.390 e. The van der Waals surface area contributed by atoms with E-state index in [4.69, 9.17) is 0 Å². The van der Waals surface area contributed by atoms with Crippen molar-refractivity contribution < 1.29 is 10.2 Å². The van der Waals surface area contributed by atoms with Gasteiger partial charge in [0.25, 0.3) is 0 Å². The van der Waals surface area contributed by atoms with Gasteiger partial charge in [-0.25, -0.2) is 0 Å². The van der Waals surface area contributed by atoms with E-state index in [-0.39, 0.29) is 5.41 Å². The van der Waals surface area contributed by atoms with E-state index in [0.717, 1.165) is 5.69 Å². The second-order valence-corrected chi connectivity index (χ2v) is 4.90. The minimum absolute atomic E-state index is 0.311. The lowest BCUT2D eigenvalue weighted by Gasteiger charge is -2.29. The molecule has 84 valence electrons. The molecule has 0 amide bonds. The second kappa shape index (κ2) is 4.73. The van der Waals surface area contributed by atoms with E-state index in [9.17, 15) is 10.2 Å². The number of aromatic nitrogens is 1. The third kappa shape index (κ3) is 3.61. The van der Waals surface area contributed by atoms with Crippen molar-refractivity contribution in [3.8, 4) is 0 Å². The van der Waals surface area contributed by atoms with Gasteiger partial charge < -0.3 is 10.2 Å². The zero-order valence-electron chi connectivity index (χ0n) is 9.51. The van der Waals surface area contributed by atoms with Crippen molar-refractivity contribution in [3.05, 3.63) is 30.1 Å². The maximum absolute atomic E-state index is 9.84. The summed E-state index contributed by atoms with van der Waals surface area (Å²) in [5, 5.41) is 19.7. The van der Waals surface area contributed by atoms with Crippen molar-refractivity contribution in [2.75, 3.05) is 0 Å². The third-order valence-electron chi connectivity index (χ3n) is 2.40. The number of nitrogens with zero attached hydrogens (tertiary/aromatic N) is 1. The molecule has 0 saturated heterocycles. The van der Waals surface area contributed by atoms with E-state index in [1.165, 1.54) is 0 Å². The molecule has 1 heterocycles. The Labute approximate surface area is 90.8 Å². The first-order chi connectivity index (χ1) is 6.91. The van der Waals surface area contributed by atoms with Crippen molar-refractivity contribution in [3.63, 3.8) is 0 Å². The van der Waals surface area contributed by atoms with Gasteiger partial charge in [0.2, 0.25) is 0 Å².